The van der Waals surface area contributed by atoms with Crippen LogP contribution < -0.4 is 10.7 Å². The zero-order chi connectivity index (χ0) is 14.4. The third-order valence-corrected chi connectivity index (χ3v) is 2.45. The second-order valence-corrected chi connectivity index (χ2v) is 4.91. The van der Waals surface area contributed by atoms with Gasteiger partial charge in [0, 0.05) is 16.1 Å². The molecule has 1 aromatic carbocycles. The summed E-state index contributed by atoms with van der Waals surface area (Å²) in [7, 11) is 0. The van der Waals surface area contributed by atoms with E-state index in [0.717, 1.165) is 6.21 Å². The Bertz CT molecular complexity index is 518. The largest absolute Gasteiger partial charge is 0.346 e. The first-order chi connectivity index (χ1) is 8.90. The number of carbonyl (C=O) groups is 2. The zero-order valence-corrected chi connectivity index (χ0v) is 12.0. The van der Waals surface area contributed by atoms with Gasteiger partial charge < -0.3 is 5.32 Å². The van der Waals surface area contributed by atoms with Gasteiger partial charge in [-0.3, -0.25) is 9.59 Å². The molecule has 102 valence electrons. The lowest BCUT2D eigenvalue weighted by molar-refractivity contribution is -0.139. The molecule has 0 aromatic heterocycles. The van der Waals surface area contributed by atoms with Crippen molar-refractivity contribution in [2.24, 2.45) is 5.10 Å². The Kier molecular flexibility index (Phi) is 5.62. The number of halogens is 2. The molecule has 0 saturated heterocycles. The minimum atomic E-state index is -0.902. The molecule has 0 bridgehead atoms. The summed E-state index contributed by atoms with van der Waals surface area (Å²) >= 11 is 3.19. The molecule has 0 aliphatic heterocycles. The van der Waals surface area contributed by atoms with Crippen molar-refractivity contribution in [1.29, 1.82) is 0 Å². The van der Waals surface area contributed by atoms with Gasteiger partial charge in [-0.1, -0.05) is 15.9 Å². The molecule has 0 heterocycles. The van der Waals surface area contributed by atoms with Crippen molar-refractivity contribution in [2.75, 3.05) is 0 Å². The van der Waals surface area contributed by atoms with Crippen LogP contribution in [0, 0.1) is 5.82 Å². The number of amides is 2. The van der Waals surface area contributed by atoms with Crippen molar-refractivity contribution in [3.05, 3.63) is 34.1 Å². The standard InChI is InChI=1S/C12H13BrFN3O2/c1-7(2)16-11(18)12(19)17-15-6-8-5-9(13)3-4-10(8)14/h3-7H,1-2H3,(H,16,18)(H,17,19)/b15-6-. The second-order valence-electron chi connectivity index (χ2n) is 3.99. The SMILES string of the molecule is CC(C)NC(=O)C(=O)N/N=C\c1cc(Br)ccc1F. The molecule has 0 radical (unpaired) electrons. The molecular formula is C12H13BrFN3O2. The van der Waals surface area contributed by atoms with Crippen LogP contribution in [0.4, 0.5) is 4.39 Å². The lowest BCUT2D eigenvalue weighted by Gasteiger charge is -2.06. The highest BCUT2D eigenvalue weighted by Gasteiger charge is 2.12. The molecular weight excluding hydrogens is 317 g/mol. The van der Waals surface area contributed by atoms with E-state index in [9.17, 15) is 14.0 Å². The Hall–Kier alpha value is -1.76. The van der Waals surface area contributed by atoms with Crippen molar-refractivity contribution in [3.8, 4) is 0 Å². The van der Waals surface area contributed by atoms with E-state index in [4.69, 9.17) is 0 Å². The molecule has 0 unspecified atom stereocenters. The van der Waals surface area contributed by atoms with E-state index in [2.05, 4.69) is 26.3 Å². The molecule has 0 fully saturated rings. The van der Waals surface area contributed by atoms with E-state index < -0.39 is 17.6 Å². The monoisotopic (exact) mass is 329 g/mol. The molecule has 0 atom stereocenters. The maximum atomic E-state index is 13.3. The number of nitrogens with zero attached hydrogens (tertiary/aromatic N) is 1. The first-order valence-electron chi connectivity index (χ1n) is 5.49. The van der Waals surface area contributed by atoms with Crippen molar-refractivity contribution in [2.45, 2.75) is 19.9 Å². The molecule has 5 nitrogen and oxygen atoms in total. The summed E-state index contributed by atoms with van der Waals surface area (Å²) in [6.07, 6.45) is 1.13. The van der Waals surface area contributed by atoms with Gasteiger partial charge in [0.05, 0.1) is 6.21 Å². The normalized spacial score (nSPS) is 10.8. The smallest absolute Gasteiger partial charge is 0.329 e. The van der Waals surface area contributed by atoms with Crippen LogP contribution in [0.25, 0.3) is 0 Å². The Labute approximate surface area is 118 Å². The highest BCUT2D eigenvalue weighted by atomic mass is 79.9. The molecule has 1 rings (SSSR count). The number of rotatable bonds is 3. The third-order valence-electron chi connectivity index (χ3n) is 1.95. The zero-order valence-electron chi connectivity index (χ0n) is 10.4. The van der Waals surface area contributed by atoms with E-state index in [1.807, 2.05) is 5.43 Å². The molecule has 0 aliphatic rings. The highest BCUT2D eigenvalue weighted by Crippen LogP contribution is 2.13. The summed E-state index contributed by atoms with van der Waals surface area (Å²) in [5, 5.41) is 5.93. The lowest BCUT2D eigenvalue weighted by Crippen LogP contribution is -2.41. The van der Waals surface area contributed by atoms with Crippen LogP contribution in [0.3, 0.4) is 0 Å². The average Bonchev–Trinajstić information content (AvgIpc) is 2.32. The van der Waals surface area contributed by atoms with Gasteiger partial charge in [-0.2, -0.15) is 5.10 Å². The maximum absolute atomic E-state index is 13.3. The van der Waals surface area contributed by atoms with Crippen LogP contribution in [-0.4, -0.2) is 24.1 Å². The summed E-state index contributed by atoms with van der Waals surface area (Å²) in [6, 6.07) is 4.16. The first kappa shape index (κ1) is 15.3. The molecule has 0 spiro atoms. The van der Waals surface area contributed by atoms with Gasteiger partial charge in [-0.15, -0.1) is 0 Å². The Morgan fingerprint density at radius 2 is 2.05 bits per heavy atom. The Balaban J connectivity index is 2.61. The van der Waals surface area contributed by atoms with Crippen LogP contribution in [0.2, 0.25) is 0 Å². The topological polar surface area (TPSA) is 70.6 Å². The quantitative estimate of drug-likeness (QED) is 0.502. The van der Waals surface area contributed by atoms with Gasteiger partial charge in [-0.25, -0.2) is 9.82 Å². The van der Waals surface area contributed by atoms with E-state index in [0.29, 0.717) is 4.47 Å². The van der Waals surface area contributed by atoms with Crippen LogP contribution in [-0.2, 0) is 9.59 Å². The third kappa shape index (κ3) is 5.17. The number of hydrogen-bond acceptors (Lipinski definition) is 3. The summed E-state index contributed by atoms with van der Waals surface area (Å²) < 4.78 is 14.0. The van der Waals surface area contributed by atoms with E-state index in [1.165, 1.54) is 12.1 Å². The van der Waals surface area contributed by atoms with Crippen LogP contribution >= 0.6 is 15.9 Å². The van der Waals surface area contributed by atoms with Gasteiger partial charge in [0.1, 0.15) is 5.82 Å². The summed E-state index contributed by atoms with van der Waals surface area (Å²) in [6.45, 7) is 3.46. The Morgan fingerprint density at radius 3 is 2.68 bits per heavy atom. The van der Waals surface area contributed by atoms with Crippen molar-refractivity contribution in [3.63, 3.8) is 0 Å². The fourth-order valence-electron chi connectivity index (χ4n) is 1.15. The van der Waals surface area contributed by atoms with Crippen LogP contribution in [0.5, 0.6) is 0 Å². The second kappa shape index (κ2) is 6.98. The summed E-state index contributed by atoms with van der Waals surface area (Å²) in [5.74, 6) is -2.17. The van der Waals surface area contributed by atoms with Gasteiger partial charge in [0.25, 0.3) is 0 Å². The molecule has 1 aromatic rings. The van der Waals surface area contributed by atoms with Crippen molar-refractivity contribution < 1.29 is 14.0 Å². The van der Waals surface area contributed by atoms with Crippen molar-refractivity contribution >= 4 is 34.0 Å². The highest BCUT2D eigenvalue weighted by molar-refractivity contribution is 9.10. The molecule has 19 heavy (non-hydrogen) atoms. The number of benzene rings is 1. The van der Waals surface area contributed by atoms with Gasteiger partial charge >= 0.3 is 11.8 Å². The van der Waals surface area contributed by atoms with Crippen LogP contribution in [0.15, 0.2) is 27.8 Å². The molecule has 7 heteroatoms. The number of carbonyl (C=O) groups excluding carboxylic acids is 2. The lowest BCUT2D eigenvalue weighted by atomic mass is 10.2. The van der Waals surface area contributed by atoms with Gasteiger partial charge in [0.15, 0.2) is 0 Å². The van der Waals surface area contributed by atoms with Gasteiger partial charge in [-0.05, 0) is 32.0 Å². The van der Waals surface area contributed by atoms with E-state index in [1.54, 1.807) is 19.9 Å². The van der Waals surface area contributed by atoms with E-state index in [-0.39, 0.29) is 11.6 Å². The van der Waals surface area contributed by atoms with Crippen LogP contribution in [0.1, 0.15) is 19.4 Å². The summed E-state index contributed by atoms with van der Waals surface area (Å²) in [5.41, 5.74) is 2.21. The number of nitrogens with one attached hydrogen (secondary N) is 2. The number of hydrogen-bond donors (Lipinski definition) is 2. The molecule has 2 amide bonds. The average molecular weight is 330 g/mol. The number of hydrazone groups is 1. The minimum Gasteiger partial charge on any atom is -0.346 e. The first-order valence-corrected chi connectivity index (χ1v) is 6.28. The van der Waals surface area contributed by atoms with Crippen molar-refractivity contribution in [1.82, 2.24) is 10.7 Å². The summed E-state index contributed by atoms with van der Waals surface area (Å²) in [4.78, 5) is 22.5. The van der Waals surface area contributed by atoms with E-state index >= 15 is 0 Å². The predicted molar refractivity (Wildman–Crippen MR) is 73.1 cm³/mol. The predicted octanol–water partition coefficient (Wildman–Crippen LogP) is 1.56. The molecule has 0 aliphatic carbocycles. The maximum Gasteiger partial charge on any atom is 0.329 e. The van der Waals surface area contributed by atoms with Gasteiger partial charge in [0.2, 0.25) is 0 Å². The fraction of sp³-hybridized carbons (Fsp3) is 0.250. The molecule has 2 N–H and O–H groups in total. The Morgan fingerprint density at radius 1 is 1.37 bits per heavy atom. The minimum absolute atomic E-state index is 0.148. The fourth-order valence-corrected chi connectivity index (χ4v) is 1.53. The molecule has 0 saturated carbocycles.